The van der Waals surface area contributed by atoms with E-state index in [9.17, 15) is 14.9 Å². The lowest BCUT2D eigenvalue weighted by Gasteiger charge is -2.30. The van der Waals surface area contributed by atoms with Crippen molar-refractivity contribution in [2.75, 3.05) is 6.54 Å². The molecule has 0 atom stereocenters. The molecule has 0 saturated heterocycles. The van der Waals surface area contributed by atoms with Gasteiger partial charge in [-0.25, -0.2) is 0 Å². The van der Waals surface area contributed by atoms with Gasteiger partial charge in [0.15, 0.2) is 0 Å². The Morgan fingerprint density at radius 2 is 1.97 bits per heavy atom. The molecule has 1 aromatic heterocycles. The summed E-state index contributed by atoms with van der Waals surface area (Å²) in [5.41, 5.74) is 4.65. The Hall–Kier alpha value is -2.87. The van der Waals surface area contributed by atoms with Crippen LogP contribution in [0.25, 0.3) is 0 Å². The van der Waals surface area contributed by atoms with Crippen molar-refractivity contribution < 1.29 is 4.79 Å². The van der Waals surface area contributed by atoms with Crippen LogP contribution in [0.5, 0.6) is 0 Å². The number of benzene rings is 1. The largest absolute Gasteiger partial charge is 0.355 e. The molecule has 1 heterocycles. The van der Waals surface area contributed by atoms with Gasteiger partial charge in [-0.15, -0.1) is 0 Å². The number of hydrogen-bond acceptors (Lipinski definition) is 3. The van der Waals surface area contributed by atoms with Gasteiger partial charge in [0, 0.05) is 24.1 Å². The smallest absolute Gasteiger partial charge is 0.266 e. The van der Waals surface area contributed by atoms with Gasteiger partial charge in [-0.2, -0.15) is 5.26 Å². The number of carbonyl (C=O) groups is 1. The first-order valence-corrected chi connectivity index (χ1v) is 10.3. The molecule has 1 aliphatic carbocycles. The molecule has 29 heavy (non-hydrogen) atoms. The molecule has 0 spiro atoms. The molecule has 1 fully saturated rings. The number of rotatable bonds is 6. The fourth-order valence-electron chi connectivity index (χ4n) is 4.61. The summed E-state index contributed by atoms with van der Waals surface area (Å²) in [6, 6.07) is 10.6. The first-order chi connectivity index (χ1) is 13.9. The highest BCUT2D eigenvalue weighted by Gasteiger charge is 2.35. The minimum absolute atomic E-state index is 0.00688. The van der Waals surface area contributed by atoms with Crippen LogP contribution < -0.4 is 10.9 Å². The maximum absolute atomic E-state index is 12.6. The molecule has 3 rings (SSSR count). The molecule has 1 saturated carbocycles. The van der Waals surface area contributed by atoms with Crippen molar-refractivity contribution in [3.63, 3.8) is 0 Å². The second kappa shape index (κ2) is 8.65. The second-order valence-electron chi connectivity index (χ2n) is 8.30. The van der Waals surface area contributed by atoms with Crippen LogP contribution in [0.1, 0.15) is 65.6 Å². The number of carbonyl (C=O) groups excluding carboxylic acids is 1. The Morgan fingerprint density at radius 3 is 2.62 bits per heavy atom. The van der Waals surface area contributed by atoms with E-state index >= 15 is 0 Å². The highest BCUT2D eigenvalue weighted by molar-refractivity contribution is 5.76. The van der Waals surface area contributed by atoms with Crippen molar-refractivity contribution in [1.82, 2.24) is 10.3 Å². The second-order valence-corrected chi connectivity index (χ2v) is 8.30. The average molecular weight is 392 g/mol. The van der Waals surface area contributed by atoms with Gasteiger partial charge in [-0.3, -0.25) is 9.59 Å². The number of aryl methyl sites for hydroxylation is 2. The highest BCUT2D eigenvalue weighted by Crippen LogP contribution is 2.40. The lowest BCUT2D eigenvalue weighted by Crippen LogP contribution is -2.39. The third-order valence-corrected chi connectivity index (χ3v) is 6.34. The molecule has 2 N–H and O–H groups in total. The molecule has 152 valence electrons. The lowest BCUT2D eigenvalue weighted by atomic mass is 9.78. The highest BCUT2D eigenvalue weighted by atomic mass is 16.1. The number of amides is 1. The number of aromatic nitrogens is 1. The fraction of sp³-hybridized carbons (Fsp3) is 0.458. The van der Waals surface area contributed by atoms with E-state index in [2.05, 4.69) is 41.5 Å². The van der Waals surface area contributed by atoms with Crippen LogP contribution in [0.2, 0.25) is 0 Å². The number of pyridine rings is 1. The standard InChI is InChI=1S/C24H29N3O2/c1-16-7-6-8-19(13-16)24(11-4-5-12-24)15-26-22(28)10-9-20-17(2)21(14-25)23(29)27-18(20)3/h6-8,13H,4-5,9-12,15H2,1-3H3,(H,26,28)(H,27,29). The van der Waals surface area contributed by atoms with E-state index in [0.717, 1.165) is 24.1 Å². The molecule has 1 aliphatic rings. The van der Waals surface area contributed by atoms with Gasteiger partial charge in [-0.05, 0) is 56.7 Å². The summed E-state index contributed by atoms with van der Waals surface area (Å²) >= 11 is 0. The van der Waals surface area contributed by atoms with Crippen LogP contribution in [-0.4, -0.2) is 17.4 Å². The summed E-state index contributed by atoms with van der Waals surface area (Å²) in [7, 11) is 0. The zero-order chi connectivity index (χ0) is 21.0. The Labute approximate surface area is 172 Å². The summed E-state index contributed by atoms with van der Waals surface area (Å²) in [5.74, 6) is 0.00688. The lowest BCUT2D eigenvalue weighted by molar-refractivity contribution is -0.121. The van der Waals surface area contributed by atoms with E-state index < -0.39 is 0 Å². The van der Waals surface area contributed by atoms with Gasteiger partial charge in [0.25, 0.3) is 5.56 Å². The van der Waals surface area contributed by atoms with Gasteiger partial charge < -0.3 is 10.3 Å². The van der Waals surface area contributed by atoms with E-state index in [4.69, 9.17) is 0 Å². The molecule has 5 heteroatoms. The number of H-pyrrole nitrogens is 1. The van der Waals surface area contributed by atoms with Crippen molar-refractivity contribution in [2.45, 2.75) is 64.7 Å². The Bertz CT molecular complexity index is 1010. The van der Waals surface area contributed by atoms with Crippen LogP contribution in [0.4, 0.5) is 0 Å². The molecule has 0 radical (unpaired) electrons. The Kier molecular flexibility index (Phi) is 6.22. The van der Waals surface area contributed by atoms with Crippen molar-refractivity contribution in [3.05, 3.63) is 68.1 Å². The molecule has 0 unspecified atom stereocenters. The van der Waals surface area contributed by atoms with E-state index in [1.807, 2.05) is 13.0 Å². The topological polar surface area (TPSA) is 85.8 Å². The molecule has 5 nitrogen and oxygen atoms in total. The molecular formula is C24H29N3O2. The predicted molar refractivity (Wildman–Crippen MR) is 114 cm³/mol. The minimum atomic E-state index is -0.364. The van der Waals surface area contributed by atoms with Gasteiger partial charge in [0.05, 0.1) is 0 Å². The van der Waals surface area contributed by atoms with E-state index in [-0.39, 0.29) is 22.4 Å². The van der Waals surface area contributed by atoms with Crippen molar-refractivity contribution in [3.8, 4) is 6.07 Å². The monoisotopic (exact) mass is 391 g/mol. The average Bonchev–Trinajstić information content (AvgIpc) is 3.16. The summed E-state index contributed by atoms with van der Waals surface area (Å²) in [5, 5.41) is 12.4. The summed E-state index contributed by atoms with van der Waals surface area (Å²) in [6.07, 6.45) is 5.42. The maximum Gasteiger partial charge on any atom is 0.266 e. The molecule has 1 amide bonds. The van der Waals surface area contributed by atoms with Crippen molar-refractivity contribution >= 4 is 5.91 Å². The zero-order valence-corrected chi connectivity index (χ0v) is 17.5. The van der Waals surface area contributed by atoms with Crippen LogP contribution >= 0.6 is 0 Å². The number of nitrogens with zero attached hydrogens (tertiary/aromatic N) is 1. The van der Waals surface area contributed by atoms with Crippen molar-refractivity contribution in [1.29, 1.82) is 5.26 Å². The summed E-state index contributed by atoms with van der Waals surface area (Å²) in [6.45, 7) is 6.35. The normalized spacial score (nSPS) is 15.1. The summed E-state index contributed by atoms with van der Waals surface area (Å²) in [4.78, 5) is 27.2. The third-order valence-electron chi connectivity index (χ3n) is 6.34. The van der Waals surface area contributed by atoms with Crippen LogP contribution in [0.3, 0.4) is 0 Å². The molecule has 2 aromatic rings. The van der Waals surface area contributed by atoms with Crippen molar-refractivity contribution in [2.24, 2.45) is 0 Å². The molecular weight excluding hydrogens is 362 g/mol. The number of nitrogens with one attached hydrogen (secondary N) is 2. The molecule has 1 aromatic carbocycles. The van der Waals surface area contributed by atoms with E-state index in [1.54, 1.807) is 6.92 Å². The van der Waals surface area contributed by atoms with E-state index in [1.165, 1.54) is 24.0 Å². The number of hydrogen-bond donors (Lipinski definition) is 2. The van der Waals surface area contributed by atoms with E-state index in [0.29, 0.717) is 24.9 Å². The first kappa shape index (κ1) is 20.9. The molecule has 0 bridgehead atoms. The van der Waals surface area contributed by atoms with Crippen LogP contribution in [0.15, 0.2) is 29.1 Å². The quantitative estimate of drug-likeness (QED) is 0.787. The third kappa shape index (κ3) is 4.42. The Morgan fingerprint density at radius 1 is 1.24 bits per heavy atom. The number of aromatic amines is 1. The van der Waals surface area contributed by atoms with Gasteiger partial charge >= 0.3 is 0 Å². The first-order valence-electron chi connectivity index (χ1n) is 10.3. The Balaban J connectivity index is 1.67. The van der Waals surface area contributed by atoms with Gasteiger partial charge in [-0.1, -0.05) is 42.7 Å². The molecule has 0 aliphatic heterocycles. The van der Waals surface area contributed by atoms with Crippen LogP contribution in [0, 0.1) is 32.1 Å². The van der Waals surface area contributed by atoms with Gasteiger partial charge in [0.2, 0.25) is 5.91 Å². The predicted octanol–water partition coefficient (Wildman–Crippen LogP) is 3.73. The fourth-order valence-corrected chi connectivity index (χ4v) is 4.61. The SMILES string of the molecule is Cc1cccc(C2(CNC(=O)CCc3c(C)[nH]c(=O)c(C#N)c3C)CCCC2)c1. The summed E-state index contributed by atoms with van der Waals surface area (Å²) < 4.78 is 0. The maximum atomic E-state index is 12.6. The van der Waals surface area contributed by atoms with Gasteiger partial charge in [0.1, 0.15) is 11.6 Å². The zero-order valence-electron chi connectivity index (χ0n) is 17.5. The van der Waals surface area contributed by atoms with Crippen LogP contribution in [-0.2, 0) is 16.6 Å². The minimum Gasteiger partial charge on any atom is -0.355 e. The number of nitriles is 1.